The van der Waals surface area contributed by atoms with Crippen LogP contribution in [0.15, 0.2) is 0 Å². The first kappa shape index (κ1) is 14.1. The highest BCUT2D eigenvalue weighted by Crippen LogP contribution is 2.50. The minimum absolute atomic E-state index is 0.335. The molecule has 0 aromatic carbocycles. The molecule has 0 bridgehead atoms. The molecule has 2 atom stereocenters. The van der Waals surface area contributed by atoms with Gasteiger partial charge in [0, 0.05) is 6.61 Å². The van der Waals surface area contributed by atoms with Gasteiger partial charge in [-0.15, -0.1) is 0 Å². The number of hydrogen-bond acceptors (Lipinski definition) is 1. The van der Waals surface area contributed by atoms with Crippen molar-refractivity contribution in [2.24, 2.45) is 16.7 Å². The van der Waals surface area contributed by atoms with Gasteiger partial charge in [0.15, 0.2) is 0 Å². The van der Waals surface area contributed by atoms with Gasteiger partial charge in [-0.2, -0.15) is 0 Å². The van der Waals surface area contributed by atoms with Gasteiger partial charge in [-0.25, -0.2) is 0 Å². The van der Waals surface area contributed by atoms with Crippen molar-refractivity contribution in [1.82, 2.24) is 0 Å². The van der Waals surface area contributed by atoms with Crippen molar-refractivity contribution >= 4 is 6.92 Å². The van der Waals surface area contributed by atoms with Crippen LogP contribution in [-0.4, -0.2) is 13.5 Å². The van der Waals surface area contributed by atoms with Crippen LogP contribution in [0.5, 0.6) is 0 Å². The molecule has 1 saturated heterocycles. The molecule has 1 nitrogen and oxygen atoms in total. The van der Waals surface area contributed by atoms with Crippen LogP contribution in [0, 0.1) is 16.7 Å². The lowest BCUT2D eigenvalue weighted by Gasteiger charge is -2.44. The van der Waals surface area contributed by atoms with E-state index in [0.29, 0.717) is 23.6 Å². The summed E-state index contributed by atoms with van der Waals surface area (Å²) in [6.07, 6.45) is 2.54. The van der Waals surface area contributed by atoms with Crippen molar-refractivity contribution in [1.29, 1.82) is 0 Å². The highest BCUT2D eigenvalue weighted by Gasteiger charge is 2.44. The van der Waals surface area contributed by atoms with E-state index < -0.39 is 0 Å². The molecule has 0 aromatic heterocycles. The second-order valence-electron chi connectivity index (χ2n) is 7.58. The first-order chi connectivity index (χ1) is 7.14. The van der Waals surface area contributed by atoms with Crippen LogP contribution in [0.3, 0.4) is 0 Å². The summed E-state index contributed by atoms with van der Waals surface area (Å²) >= 11 is 0. The van der Waals surface area contributed by atoms with Gasteiger partial charge in [0.05, 0.1) is 0 Å². The quantitative estimate of drug-likeness (QED) is 0.550. The predicted octanol–water partition coefficient (Wildman–Crippen LogP) is 4.50. The maximum atomic E-state index is 5.97. The Morgan fingerprint density at radius 1 is 1.00 bits per heavy atom. The third-order valence-electron chi connectivity index (χ3n) is 4.09. The van der Waals surface area contributed by atoms with E-state index in [-0.39, 0.29) is 0 Å². The lowest BCUT2D eigenvalue weighted by atomic mass is 9.43. The summed E-state index contributed by atoms with van der Waals surface area (Å²) in [6, 6.07) is 0. The molecule has 0 N–H and O–H groups in total. The molecule has 0 amide bonds. The van der Waals surface area contributed by atoms with Crippen LogP contribution in [0.25, 0.3) is 0 Å². The molecule has 2 unspecified atom stereocenters. The Balaban J connectivity index is 3.00. The van der Waals surface area contributed by atoms with Crippen molar-refractivity contribution in [3.05, 3.63) is 0 Å². The van der Waals surface area contributed by atoms with Crippen LogP contribution in [-0.2, 0) is 4.65 Å². The molecular formula is C14H29BO. The van der Waals surface area contributed by atoms with E-state index in [2.05, 4.69) is 48.4 Å². The van der Waals surface area contributed by atoms with E-state index in [9.17, 15) is 0 Å². The van der Waals surface area contributed by atoms with Crippen molar-refractivity contribution in [2.75, 3.05) is 6.61 Å². The first-order valence-corrected chi connectivity index (χ1v) is 6.75. The SMILES string of the molecule is CB1OCCCC(C(C)(C)C)C1C(C)(C)C. The number of rotatable bonds is 0. The fourth-order valence-electron chi connectivity index (χ4n) is 3.46. The molecule has 1 fully saturated rings. The van der Waals surface area contributed by atoms with E-state index >= 15 is 0 Å². The topological polar surface area (TPSA) is 9.23 Å². The van der Waals surface area contributed by atoms with Gasteiger partial charge in [0.2, 0.25) is 0 Å². The Labute approximate surface area is 102 Å². The van der Waals surface area contributed by atoms with E-state index in [0.717, 1.165) is 12.5 Å². The summed E-state index contributed by atoms with van der Waals surface area (Å²) in [5, 5.41) is 0. The molecule has 16 heavy (non-hydrogen) atoms. The highest BCUT2D eigenvalue weighted by atomic mass is 16.4. The standard InChI is InChI=1S/C14H29BO/c1-13(2,3)11-9-8-10-16-15(7)12(11)14(4,5)6/h11-12H,8-10H2,1-7H3. The minimum Gasteiger partial charge on any atom is -0.436 e. The van der Waals surface area contributed by atoms with Gasteiger partial charge in [-0.05, 0) is 35.4 Å². The zero-order valence-electron chi connectivity index (χ0n) is 12.3. The summed E-state index contributed by atoms with van der Waals surface area (Å²) in [7, 11) is 0. The molecule has 1 aliphatic heterocycles. The molecule has 1 aliphatic rings. The third kappa shape index (κ3) is 3.26. The van der Waals surface area contributed by atoms with E-state index in [4.69, 9.17) is 4.65 Å². The Bertz CT molecular complexity index is 224. The van der Waals surface area contributed by atoms with E-state index in [1.807, 2.05) is 0 Å². The molecule has 0 aromatic rings. The van der Waals surface area contributed by atoms with Crippen LogP contribution in [0.1, 0.15) is 54.4 Å². The van der Waals surface area contributed by atoms with Gasteiger partial charge in [0.25, 0.3) is 6.92 Å². The molecule has 2 heteroatoms. The van der Waals surface area contributed by atoms with Crippen molar-refractivity contribution in [3.8, 4) is 0 Å². The summed E-state index contributed by atoms with van der Waals surface area (Å²) in [5.41, 5.74) is 0.724. The van der Waals surface area contributed by atoms with Crippen LogP contribution in [0.2, 0.25) is 12.6 Å². The minimum atomic E-state index is 0.335. The van der Waals surface area contributed by atoms with Crippen LogP contribution < -0.4 is 0 Å². The van der Waals surface area contributed by atoms with Gasteiger partial charge >= 0.3 is 0 Å². The fraction of sp³-hybridized carbons (Fsp3) is 1.00. The second-order valence-corrected chi connectivity index (χ2v) is 7.58. The fourth-order valence-corrected chi connectivity index (χ4v) is 3.46. The van der Waals surface area contributed by atoms with Crippen molar-refractivity contribution < 1.29 is 4.65 Å². The maximum absolute atomic E-state index is 5.97. The molecule has 0 aliphatic carbocycles. The molecule has 1 heterocycles. The normalized spacial score (nSPS) is 29.1. The molecule has 0 saturated carbocycles. The van der Waals surface area contributed by atoms with Gasteiger partial charge in [-0.3, -0.25) is 0 Å². The zero-order valence-corrected chi connectivity index (χ0v) is 12.3. The monoisotopic (exact) mass is 224 g/mol. The van der Waals surface area contributed by atoms with E-state index in [1.54, 1.807) is 0 Å². The number of hydrogen-bond donors (Lipinski definition) is 0. The lowest BCUT2D eigenvalue weighted by Crippen LogP contribution is -2.39. The molecule has 1 rings (SSSR count). The largest absolute Gasteiger partial charge is 0.436 e. The van der Waals surface area contributed by atoms with Crippen LogP contribution >= 0.6 is 0 Å². The zero-order chi connectivity index (χ0) is 12.6. The Morgan fingerprint density at radius 3 is 2.00 bits per heavy atom. The van der Waals surface area contributed by atoms with Crippen LogP contribution in [0.4, 0.5) is 0 Å². The highest BCUT2D eigenvalue weighted by molar-refractivity contribution is 6.52. The lowest BCUT2D eigenvalue weighted by molar-refractivity contribution is 0.153. The Hall–Kier alpha value is 0.0249. The average Bonchev–Trinajstić information content (AvgIpc) is 2.23. The third-order valence-corrected chi connectivity index (χ3v) is 4.09. The Morgan fingerprint density at radius 2 is 1.56 bits per heavy atom. The first-order valence-electron chi connectivity index (χ1n) is 6.75. The van der Waals surface area contributed by atoms with Gasteiger partial charge in [0.1, 0.15) is 0 Å². The molecule has 94 valence electrons. The summed E-state index contributed by atoms with van der Waals surface area (Å²) in [4.78, 5) is 0. The summed E-state index contributed by atoms with van der Waals surface area (Å²) in [6.45, 7) is 17.8. The summed E-state index contributed by atoms with van der Waals surface area (Å²) < 4.78 is 5.97. The Kier molecular flexibility index (Phi) is 4.16. The maximum Gasteiger partial charge on any atom is 0.293 e. The predicted molar refractivity (Wildman–Crippen MR) is 73.0 cm³/mol. The second kappa shape index (κ2) is 4.72. The van der Waals surface area contributed by atoms with Crippen molar-refractivity contribution in [2.45, 2.75) is 67.0 Å². The molecule has 0 spiro atoms. The molecule has 0 radical (unpaired) electrons. The smallest absolute Gasteiger partial charge is 0.293 e. The van der Waals surface area contributed by atoms with Crippen molar-refractivity contribution in [3.63, 3.8) is 0 Å². The van der Waals surface area contributed by atoms with Gasteiger partial charge in [-0.1, -0.05) is 48.4 Å². The average molecular weight is 224 g/mol. The summed E-state index contributed by atoms with van der Waals surface area (Å²) in [5.74, 6) is 1.43. The van der Waals surface area contributed by atoms with Gasteiger partial charge < -0.3 is 4.65 Å². The molecular weight excluding hydrogens is 195 g/mol. The van der Waals surface area contributed by atoms with E-state index in [1.165, 1.54) is 12.8 Å².